The molecule has 1 saturated heterocycles. The lowest BCUT2D eigenvalue weighted by Gasteiger charge is -2.37. The monoisotopic (exact) mass is 291 g/mol. The highest BCUT2D eigenvalue weighted by Gasteiger charge is 2.29. The first-order chi connectivity index (χ1) is 9.87. The van der Waals surface area contributed by atoms with E-state index in [2.05, 4.69) is 11.0 Å². The minimum absolute atomic E-state index is 0.496. The third kappa shape index (κ3) is 4.28. The maximum absolute atomic E-state index is 10.9. The molecule has 0 atom stereocenters. The second-order valence-electron chi connectivity index (χ2n) is 6.37. The minimum Gasteiger partial charge on any atom is -0.444 e. The molecule has 1 aliphatic rings. The predicted molar refractivity (Wildman–Crippen MR) is 85.2 cm³/mol. The van der Waals surface area contributed by atoms with Crippen LogP contribution in [0.4, 0.5) is 16.2 Å². The van der Waals surface area contributed by atoms with Gasteiger partial charge in [0.25, 0.3) is 0 Å². The zero-order chi connectivity index (χ0) is 15.5. The van der Waals surface area contributed by atoms with Crippen LogP contribution in [-0.4, -0.2) is 24.8 Å². The number of nitrogen functional groups attached to an aromatic ring is 1. The number of anilines is 2. The molecule has 5 heteroatoms. The molecule has 1 aromatic carbocycles. The number of carbonyl (C=O) groups excluding carboxylic acids is 1. The van der Waals surface area contributed by atoms with Gasteiger partial charge in [-0.15, -0.1) is 0 Å². The van der Waals surface area contributed by atoms with Crippen LogP contribution in [0.1, 0.15) is 33.1 Å². The molecule has 1 aromatic rings. The Morgan fingerprint density at radius 2 is 1.95 bits per heavy atom. The fraction of sp³-hybridized carbons (Fsp3) is 0.562. The molecule has 116 valence electrons. The normalized spacial score (nSPS) is 16.8. The highest BCUT2D eigenvalue weighted by atomic mass is 16.6. The third-order valence-electron chi connectivity index (χ3n) is 4.05. The quantitative estimate of drug-likeness (QED) is 0.836. The van der Waals surface area contributed by atoms with Crippen molar-refractivity contribution in [1.82, 2.24) is 0 Å². The topological polar surface area (TPSA) is 81.6 Å². The van der Waals surface area contributed by atoms with E-state index in [1.807, 2.05) is 32.0 Å². The molecule has 0 saturated carbocycles. The number of carbonyl (C=O) groups is 1. The number of hydrogen-bond donors (Lipinski definition) is 2. The first-order valence-electron chi connectivity index (χ1n) is 7.45. The summed E-state index contributed by atoms with van der Waals surface area (Å²) >= 11 is 0. The number of nitrogens with two attached hydrogens (primary N) is 2. The Kier molecular flexibility index (Phi) is 4.60. The van der Waals surface area contributed by atoms with E-state index in [1.54, 1.807) is 0 Å². The second-order valence-corrected chi connectivity index (χ2v) is 6.37. The van der Waals surface area contributed by atoms with Gasteiger partial charge in [-0.25, -0.2) is 4.79 Å². The van der Waals surface area contributed by atoms with Crippen LogP contribution in [0.5, 0.6) is 0 Å². The van der Waals surface area contributed by atoms with E-state index in [4.69, 9.17) is 16.2 Å². The van der Waals surface area contributed by atoms with Crippen LogP contribution in [0.3, 0.4) is 0 Å². The van der Waals surface area contributed by atoms with Crippen molar-refractivity contribution in [1.29, 1.82) is 0 Å². The fourth-order valence-corrected chi connectivity index (χ4v) is 3.16. The van der Waals surface area contributed by atoms with Gasteiger partial charge in [0.15, 0.2) is 0 Å². The third-order valence-corrected chi connectivity index (χ3v) is 4.05. The van der Waals surface area contributed by atoms with Crippen molar-refractivity contribution >= 4 is 17.5 Å². The fourth-order valence-electron chi connectivity index (χ4n) is 3.16. The number of benzene rings is 1. The van der Waals surface area contributed by atoms with Crippen LogP contribution in [-0.2, 0) is 4.74 Å². The second kappa shape index (κ2) is 6.24. The number of nitrogens with zero attached hydrogens (tertiary/aromatic N) is 1. The summed E-state index contributed by atoms with van der Waals surface area (Å²) in [5.41, 5.74) is 12.6. The molecule has 1 fully saturated rings. The SMILES string of the molecule is CC(C)(CC1CCN(c2ccccc2N)CC1)OC(N)=O. The lowest BCUT2D eigenvalue weighted by atomic mass is 9.86. The summed E-state index contributed by atoms with van der Waals surface area (Å²) in [4.78, 5) is 13.2. The molecule has 0 aliphatic carbocycles. The summed E-state index contributed by atoms with van der Waals surface area (Å²) in [5, 5.41) is 0. The lowest BCUT2D eigenvalue weighted by Crippen LogP contribution is -2.38. The van der Waals surface area contributed by atoms with Crippen molar-refractivity contribution in [2.45, 2.75) is 38.7 Å². The van der Waals surface area contributed by atoms with E-state index in [9.17, 15) is 4.79 Å². The molecule has 0 spiro atoms. The average molecular weight is 291 g/mol. The first-order valence-corrected chi connectivity index (χ1v) is 7.45. The lowest BCUT2D eigenvalue weighted by molar-refractivity contribution is 0.0236. The summed E-state index contributed by atoms with van der Waals surface area (Å²) in [6.07, 6.45) is 2.28. The highest BCUT2D eigenvalue weighted by Crippen LogP contribution is 2.32. The maximum Gasteiger partial charge on any atom is 0.405 e. The molecule has 1 aliphatic heterocycles. The van der Waals surface area contributed by atoms with Crippen molar-refractivity contribution in [2.24, 2.45) is 11.7 Å². The number of rotatable bonds is 4. The molecule has 0 bridgehead atoms. The summed E-state index contributed by atoms with van der Waals surface area (Å²) in [5.74, 6) is 0.542. The summed E-state index contributed by atoms with van der Waals surface area (Å²) in [6, 6.07) is 7.97. The molecule has 1 amide bonds. The smallest absolute Gasteiger partial charge is 0.405 e. The van der Waals surface area contributed by atoms with Gasteiger partial charge in [0.05, 0.1) is 11.4 Å². The molecule has 0 radical (unpaired) electrons. The van der Waals surface area contributed by atoms with Gasteiger partial charge in [0.1, 0.15) is 5.60 Å². The maximum atomic E-state index is 10.9. The van der Waals surface area contributed by atoms with E-state index in [1.165, 1.54) is 0 Å². The molecule has 1 heterocycles. The van der Waals surface area contributed by atoms with Gasteiger partial charge in [0.2, 0.25) is 0 Å². The predicted octanol–water partition coefficient (Wildman–Crippen LogP) is 2.75. The van der Waals surface area contributed by atoms with Crippen LogP contribution in [0.2, 0.25) is 0 Å². The summed E-state index contributed by atoms with van der Waals surface area (Å²) in [7, 11) is 0. The van der Waals surface area contributed by atoms with Crippen LogP contribution in [0, 0.1) is 5.92 Å². The molecular weight excluding hydrogens is 266 g/mol. The van der Waals surface area contributed by atoms with Crippen LogP contribution in [0.15, 0.2) is 24.3 Å². The number of para-hydroxylation sites is 2. The van der Waals surface area contributed by atoms with Gasteiger partial charge in [-0.2, -0.15) is 0 Å². The highest BCUT2D eigenvalue weighted by molar-refractivity contribution is 5.67. The average Bonchev–Trinajstić information content (AvgIpc) is 2.38. The molecule has 0 unspecified atom stereocenters. The molecule has 5 nitrogen and oxygen atoms in total. The number of primary amides is 1. The number of ether oxygens (including phenoxy) is 1. The van der Waals surface area contributed by atoms with E-state index >= 15 is 0 Å². The van der Waals surface area contributed by atoms with E-state index < -0.39 is 11.7 Å². The van der Waals surface area contributed by atoms with Crippen molar-refractivity contribution < 1.29 is 9.53 Å². The van der Waals surface area contributed by atoms with Gasteiger partial charge in [-0.05, 0) is 51.2 Å². The van der Waals surface area contributed by atoms with Crippen molar-refractivity contribution in [2.75, 3.05) is 23.7 Å². The van der Waals surface area contributed by atoms with Gasteiger partial charge in [0, 0.05) is 13.1 Å². The zero-order valence-electron chi connectivity index (χ0n) is 12.8. The summed E-state index contributed by atoms with van der Waals surface area (Å²) in [6.45, 7) is 5.79. The number of hydrogen-bond acceptors (Lipinski definition) is 4. The molecular formula is C16H25N3O2. The van der Waals surface area contributed by atoms with Gasteiger partial charge < -0.3 is 21.1 Å². The van der Waals surface area contributed by atoms with Crippen LogP contribution >= 0.6 is 0 Å². The Labute approximate surface area is 126 Å². The number of piperidine rings is 1. The molecule has 21 heavy (non-hydrogen) atoms. The van der Waals surface area contributed by atoms with Gasteiger partial charge in [-0.1, -0.05) is 12.1 Å². The van der Waals surface area contributed by atoms with Crippen molar-refractivity contribution in [3.63, 3.8) is 0 Å². The first kappa shape index (κ1) is 15.5. The minimum atomic E-state index is -0.700. The van der Waals surface area contributed by atoms with Gasteiger partial charge >= 0.3 is 6.09 Å². The van der Waals surface area contributed by atoms with E-state index in [-0.39, 0.29) is 0 Å². The van der Waals surface area contributed by atoms with Crippen molar-refractivity contribution in [3.05, 3.63) is 24.3 Å². The number of amides is 1. The Bertz CT molecular complexity index is 494. The van der Waals surface area contributed by atoms with Gasteiger partial charge in [-0.3, -0.25) is 0 Å². The van der Waals surface area contributed by atoms with E-state index in [0.717, 1.165) is 43.7 Å². The largest absolute Gasteiger partial charge is 0.444 e. The zero-order valence-corrected chi connectivity index (χ0v) is 12.8. The Morgan fingerprint density at radius 1 is 1.33 bits per heavy atom. The molecule has 2 rings (SSSR count). The summed E-state index contributed by atoms with van der Waals surface area (Å²) < 4.78 is 5.18. The van der Waals surface area contributed by atoms with Crippen molar-refractivity contribution in [3.8, 4) is 0 Å². The Hall–Kier alpha value is -1.91. The van der Waals surface area contributed by atoms with E-state index in [0.29, 0.717) is 5.92 Å². The Balaban J connectivity index is 1.89. The molecule has 4 N–H and O–H groups in total. The van der Waals surface area contributed by atoms with Crippen LogP contribution < -0.4 is 16.4 Å². The standard InChI is InChI=1S/C16H25N3O2/c1-16(2,21-15(18)20)11-12-7-9-19(10-8-12)14-6-4-3-5-13(14)17/h3-6,12H,7-11,17H2,1-2H3,(H2,18,20). The Morgan fingerprint density at radius 3 is 2.52 bits per heavy atom. The molecule has 0 aromatic heterocycles. The van der Waals surface area contributed by atoms with Crippen LogP contribution in [0.25, 0.3) is 0 Å².